The Balaban J connectivity index is 2.57. The molecule has 0 aliphatic rings. The summed E-state index contributed by atoms with van der Waals surface area (Å²) in [6.07, 6.45) is 0.264. The molecule has 0 heterocycles. The fourth-order valence-corrected chi connectivity index (χ4v) is 1.65. The van der Waals surface area contributed by atoms with Crippen molar-refractivity contribution in [3.8, 4) is 5.75 Å². The lowest BCUT2D eigenvalue weighted by Gasteiger charge is -2.12. The number of benzene rings is 1. The molecule has 0 spiro atoms. The third kappa shape index (κ3) is 4.38. The number of nitrogens with zero attached hydrogens (tertiary/aromatic N) is 1. The van der Waals surface area contributed by atoms with E-state index < -0.39 is 16.9 Å². The van der Waals surface area contributed by atoms with Crippen LogP contribution < -0.4 is 10.1 Å². The van der Waals surface area contributed by atoms with Crippen molar-refractivity contribution in [2.45, 2.75) is 12.5 Å². The molecule has 0 aliphatic heterocycles. The van der Waals surface area contributed by atoms with Gasteiger partial charge in [-0.1, -0.05) is 11.6 Å². The van der Waals surface area contributed by atoms with E-state index in [0.717, 1.165) is 0 Å². The molecule has 0 aromatic heterocycles. The van der Waals surface area contributed by atoms with E-state index >= 15 is 0 Å². The van der Waals surface area contributed by atoms with Crippen molar-refractivity contribution in [3.63, 3.8) is 0 Å². The molecular formula is C11H13ClN2O5. The number of ether oxygens (including phenoxy) is 1. The first-order valence-electron chi connectivity index (χ1n) is 5.42. The van der Waals surface area contributed by atoms with Gasteiger partial charge in [-0.2, -0.15) is 0 Å². The van der Waals surface area contributed by atoms with E-state index in [9.17, 15) is 14.9 Å². The molecule has 1 rings (SSSR count). The number of nitrogens with one attached hydrogen (secondary N) is 1. The zero-order valence-electron chi connectivity index (χ0n) is 10.1. The highest BCUT2D eigenvalue weighted by Gasteiger charge is 2.15. The average molecular weight is 289 g/mol. The van der Waals surface area contributed by atoms with Crippen LogP contribution >= 0.6 is 11.6 Å². The molecule has 0 aliphatic carbocycles. The van der Waals surface area contributed by atoms with Crippen LogP contribution in [0.2, 0.25) is 5.02 Å². The Kier molecular flexibility index (Phi) is 5.53. The predicted octanol–water partition coefficient (Wildman–Crippen LogP) is 1.69. The topological polar surface area (TPSA) is 102 Å². The number of likely N-dealkylation sites (N-methyl/N-ethyl adjacent to an activating group) is 1. The van der Waals surface area contributed by atoms with E-state index in [2.05, 4.69) is 5.32 Å². The highest BCUT2D eigenvalue weighted by atomic mass is 35.5. The number of rotatable bonds is 7. The lowest BCUT2D eigenvalue weighted by atomic mass is 10.2. The molecule has 0 saturated heterocycles. The van der Waals surface area contributed by atoms with Crippen molar-refractivity contribution in [2.75, 3.05) is 13.7 Å². The van der Waals surface area contributed by atoms with E-state index in [-0.39, 0.29) is 23.7 Å². The second-order valence-corrected chi connectivity index (χ2v) is 4.09. The molecule has 2 N–H and O–H groups in total. The van der Waals surface area contributed by atoms with Crippen LogP contribution in [0, 0.1) is 10.1 Å². The van der Waals surface area contributed by atoms with Crippen LogP contribution in [0.15, 0.2) is 18.2 Å². The first-order valence-corrected chi connectivity index (χ1v) is 5.80. The van der Waals surface area contributed by atoms with Crippen LogP contribution in [0.4, 0.5) is 5.69 Å². The lowest BCUT2D eigenvalue weighted by Crippen LogP contribution is -2.35. The highest BCUT2D eigenvalue weighted by Crippen LogP contribution is 2.28. The fraction of sp³-hybridized carbons (Fsp3) is 0.364. The van der Waals surface area contributed by atoms with Gasteiger partial charge in [-0.25, -0.2) is 0 Å². The summed E-state index contributed by atoms with van der Waals surface area (Å²) in [6, 6.07) is 3.28. The number of aliphatic carboxylic acids is 1. The van der Waals surface area contributed by atoms with Gasteiger partial charge >= 0.3 is 5.97 Å². The minimum Gasteiger partial charge on any atom is -0.493 e. The Bertz CT molecular complexity index is 480. The number of hydrogen-bond acceptors (Lipinski definition) is 5. The lowest BCUT2D eigenvalue weighted by molar-refractivity contribution is -0.384. The molecule has 8 heteroatoms. The molecule has 0 bridgehead atoms. The zero-order valence-corrected chi connectivity index (χ0v) is 10.9. The number of carboxylic acids is 1. The van der Waals surface area contributed by atoms with Gasteiger partial charge < -0.3 is 15.2 Å². The molecule has 0 radical (unpaired) electrons. The van der Waals surface area contributed by atoms with E-state index in [1.165, 1.54) is 18.2 Å². The summed E-state index contributed by atoms with van der Waals surface area (Å²) in [5.74, 6) is -0.608. The van der Waals surface area contributed by atoms with E-state index in [1.807, 2.05) is 0 Å². The Morgan fingerprint density at radius 3 is 2.79 bits per heavy atom. The fourth-order valence-electron chi connectivity index (χ4n) is 1.41. The highest BCUT2D eigenvalue weighted by molar-refractivity contribution is 6.32. The van der Waals surface area contributed by atoms with Gasteiger partial charge in [-0.3, -0.25) is 14.9 Å². The molecule has 104 valence electrons. The number of nitro groups is 1. The molecule has 0 fully saturated rings. The average Bonchev–Trinajstić information content (AvgIpc) is 2.33. The maximum absolute atomic E-state index is 10.7. The Morgan fingerprint density at radius 1 is 1.63 bits per heavy atom. The van der Waals surface area contributed by atoms with Crippen LogP contribution in [0.5, 0.6) is 5.75 Å². The van der Waals surface area contributed by atoms with Crippen LogP contribution in [-0.2, 0) is 4.79 Å². The molecule has 1 aromatic rings. The van der Waals surface area contributed by atoms with Gasteiger partial charge in [0.2, 0.25) is 0 Å². The summed E-state index contributed by atoms with van der Waals surface area (Å²) >= 11 is 5.72. The number of carbonyl (C=O) groups is 1. The smallest absolute Gasteiger partial charge is 0.320 e. The van der Waals surface area contributed by atoms with Crippen LogP contribution in [-0.4, -0.2) is 35.7 Å². The van der Waals surface area contributed by atoms with E-state index in [1.54, 1.807) is 7.05 Å². The van der Waals surface area contributed by atoms with Crippen LogP contribution in [0.3, 0.4) is 0 Å². The summed E-state index contributed by atoms with van der Waals surface area (Å²) in [5.41, 5.74) is -0.201. The van der Waals surface area contributed by atoms with E-state index in [4.69, 9.17) is 21.4 Å². The normalized spacial score (nSPS) is 11.9. The molecule has 1 aromatic carbocycles. The van der Waals surface area contributed by atoms with Gasteiger partial charge in [0.15, 0.2) is 0 Å². The van der Waals surface area contributed by atoms with Gasteiger partial charge in [0.25, 0.3) is 5.69 Å². The standard InChI is InChI=1S/C11H13ClN2O5/c1-13-9(11(15)16)4-5-19-7-2-3-10(14(17)18)8(12)6-7/h2-3,6,9,13H,4-5H2,1H3,(H,15,16). The van der Waals surface area contributed by atoms with Gasteiger partial charge in [-0.05, 0) is 13.1 Å². The number of nitro benzene ring substituents is 1. The minimum absolute atomic E-state index is 0.0223. The van der Waals surface area contributed by atoms with Gasteiger partial charge in [0.05, 0.1) is 11.5 Å². The molecule has 0 saturated carbocycles. The predicted molar refractivity (Wildman–Crippen MR) is 68.7 cm³/mol. The molecule has 19 heavy (non-hydrogen) atoms. The summed E-state index contributed by atoms with van der Waals surface area (Å²) in [5, 5.41) is 22.0. The minimum atomic E-state index is -0.965. The quantitative estimate of drug-likeness (QED) is 0.585. The molecular weight excluding hydrogens is 276 g/mol. The van der Waals surface area contributed by atoms with Gasteiger partial charge in [0, 0.05) is 18.6 Å². The van der Waals surface area contributed by atoms with Gasteiger partial charge in [-0.15, -0.1) is 0 Å². The second-order valence-electron chi connectivity index (χ2n) is 3.69. The summed E-state index contributed by atoms with van der Waals surface area (Å²) in [4.78, 5) is 20.7. The van der Waals surface area contributed by atoms with Crippen molar-refractivity contribution < 1.29 is 19.6 Å². The first-order chi connectivity index (χ1) is 8.95. The van der Waals surface area contributed by atoms with Crippen molar-refractivity contribution in [3.05, 3.63) is 33.3 Å². The van der Waals surface area contributed by atoms with Crippen molar-refractivity contribution in [1.29, 1.82) is 0 Å². The monoisotopic (exact) mass is 288 g/mol. The zero-order chi connectivity index (χ0) is 14.4. The Labute approximate surface area is 114 Å². The molecule has 7 nitrogen and oxygen atoms in total. The Morgan fingerprint density at radius 2 is 2.32 bits per heavy atom. The number of carboxylic acid groups (broad SMARTS) is 1. The molecule has 0 amide bonds. The first kappa shape index (κ1) is 15.2. The summed E-state index contributed by atoms with van der Waals surface area (Å²) in [7, 11) is 1.54. The van der Waals surface area contributed by atoms with Gasteiger partial charge in [0.1, 0.15) is 16.8 Å². The summed E-state index contributed by atoms with van der Waals surface area (Å²) < 4.78 is 5.29. The van der Waals surface area contributed by atoms with Crippen LogP contribution in [0.25, 0.3) is 0 Å². The number of halogens is 1. The molecule has 1 unspecified atom stereocenters. The SMILES string of the molecule is CNC(CCOc1ccc([N+](=O)[O-])c(Cl)c1)C(=O)O. The largest absolute Gasteiger partial charge is 0.493 e. The van der Waals surface area contributed by atoms with Crippen molar-refractivity contribution in [1.82, 2.24) is 5.32 Å². The second kappa shape index (κ2) is 6.91. The van der Waals surface area contributed by atoms with Crippen molar-refractivity contribution in [2.24, 2.45) is 0 Å². The van der Waals surface area contributed by atoms with Crippen molar-refractivity contribution >= 4 is 23.3 Å². The van der Waals surface area contributed by atoms with E-state index in [0.29, 0.717) is 5.75 Å². The maximum Gasteiger partial charge on any atom is 0.320 e. The third-order valence-corrected chi connectivity index (χ3v) is 2.74. The summed E-state index contributed by atoms with van der Waals surface area (Å²) in [6.45, 7) is 0.159. The Hall–Kier alpha value is -1.86. The number of hydrogen-bond donors (Lipinski definition) is 2. The maximum atomic E-state index is 10.7. The third-order valence-electron chi connectivity index (χ3n) is 2.44. The molecule has 1 atom stereocenters. The van der Waals surface area contributed by atoms with Crippen LogP contribution in [0.1, 0.15) is 6.42 Å².